The van der Waals surface area contributed by atoms with Crippen molar-refractivity contribution >= 4 is 23.6 Å². The number of hydrogen-bond donors (Lipinski definition) is 1. The highest BCUT2D eigenvalue weighted by Crippen LogP contribution is 2.29. The molecule has 1 amide bonds. The minimum absolute atomic E-state index is 0.0317. The Bertz CT molecular complexity index is 283. The molecule has 0 radical (unpaired) electrons. The summed E-state index contributed by atoms with van der Waals surface area (Å²) in [6.07, 6.45) is 0.377. The van der Waals surface area contributed by atoms with Gasteiger partial charge in [0.05, 0.1) is 5.37 Å². The van der Waals surface area contributed by atoms with Crippen molar-refractivity contribution in [1.82, 2.24) is 9.80 Å². The molecule has 16 heavy (non-hydrogen) atoms. The average molecular weight is 246 g/mol. The normalized spacial score (nSPS) is 25.1. The summed E-state index contributed by atoms with van der Waals surface area (Å²) in [6.45, 7) is 2.53. The molecule has 0 aromatic heterocycles. The number of carboxylic acids is 1. The minimum atomic E-state index is -0.907. The molecule has 6 heteroatoms. The Morgan fingerprint density at radius 3 is 2.62 bits per heavy atom. The lowest BCUT2D eigenvalue weighted by Gasteiger charge is -2.25. The Labute approximate surface area is 99.8 Å². The van der Waals surface area contributed by atoms with Gasteiger partial charge >= 0.3 is 5.97 Å². The van der Waals surface area contributed by atoms with E-state index >= 15 is 0 Å². The number of nitrogens with zero attached hydrogens (tertiary/aromatic N) is 2. The van der Waals surface area contributed by atoms with E-state index in [1.165, 1.54) is 16.7 Å². The minimum Gasteiger partial charge on any atom is -0.480 e. The van der Waals surface area contributed by atoms with Crippen molar-refractivity contribution in [3.05, 3.63) is 0 Å². The Morgan fingerprint density at radius 2 is 2.12 bits per heavy atom. The SMILES string of the molecule is CC1SCC(C(=O)O)N1C(=O)CCN(C)C. The van der Waals surface area contributed by atoms with E-state index in [-0.39, 0.29) is 11.3 Å². The van der Waals surface area contributed by atoms with E-state index in [2.05, 4.69) is 0 Å². The Morgan fingerprint density at radius 1 is 1.50 bits per heavy atom. The zero-order valence-corrected chi connectivity index (χ0v) is 10.7. The van der Waals surface area contributed by atoms with Gasteiger partial charge in [-0.25, -0.2) is 4.79 Å². The number of rotatable bonds is 4. The Kier molecular flexibility index (Phi) is 4.61. The molecule has 1 fully saturated rings. The second-order valence-corrected chi connectivity index (χ2v) is 5.49. The molecule has 0 saturated carbocycles. The molecule has 0 aromatic carbocycles. The standard InChI is InChI=1S/C10H18N2O3S/c1-7-12(8(6-16-7)10(14)15)9(13)4-5-11(2)3/h7-8H,4-6H2,1-3H3,(H,14,15). The molecule has 1 saturated heterocycles. The predicted molar refractivity (Wildman–Crippen MR) is 63.4 cm³/mol. The molecule has 1 N–H and O–H groups in total. The van der Waals surface area contributed by atoms with Gasteiger partial charge in [-0.15, -0.1) is 11.8 Å². The van der Waals surface area contributed by atoms with Crippen molar-refractivity contribution in [3.8, 4) is 0 Å². The van der Waals surface area contributed by atoms with Gasteiger partial charge in [0.1, 0.15) is 6.04 Å². The van der Waals surface area contributed by atoms with E-state index in [0.717, 1.165) is 0 Å². The maximum absolute atomic E-state index is 11.9. The van der Waals surface area contributed by atoms with Crippen LogP contribution >= 0.6 is 11.8 Å². The highest BCUT2D eigenvalue weighted by Gasteiger charge is 2.38. The van der Waals surface area contributed by atoms with Gasteiger partial charge in [-0.2, -0.15) is 0 Å². The monoisotopic (exact) mass is 246 g/mol. The predicted octanol–water partition coefficient (Wildman–Crippen LogP) is 0.313. The van der Waals surface area contributed by atoms with Crippen molar-refractivity contribution < 1.29 is 14.7 Å². The highest BCUT2D eigenvalue weighted by atomic mass is 32.2. The number of carboxylic acid groups (broad SMARTS) is 1. The van der Waals surface area contributed by atoms with Crippen LogP contribution in [0.15, 0.2) is 0 Å². The zero-order chi connectivity index (χ0) is 12.3. The summed E-state index contributed by atoms with van der Waals surface area (Å²) in [5.41, 5.74) is 0. The lowest BCUT2D eigenvalue weighted by atomic mass is 10.2. The molecule has 5 nitrogen and oxygen atoms in total. The molecule has 1 aliphatic heterocycles. The molecule has 0 aromatic rings. The van der Waals surface area contributed by atoms with Crippen LogP contribution < -0.4 is 0 Å². The first-order valence-corrected chi connectivity index (χ1v) is 6.28. The first-order valence-electron chi connectivity index (χ1n) is 5.23. The molecule has 0 spiro atoms. The van der Waals surface area contributed by atoms with Gasteiger partial charge in [0.15, 0.2) is 0 Å². The Hall–Kier alpha value is -0.750. The second kappa shape index (κ2) is 5.54. The third kappa shape index (κ3) is 3.12. The summed E-state index contributed by atoms with van der Waals surface area (Å²) in [6, 6.07) is -0.658. The molecule has 0 bridgehead atoms. The van der Waals surface area contributed by atoms with E-state index < -0.39 is 12.0 Å². The summed E-state index contributed by atoms with van der Waals surface area (Å²) in [7, 11) is 3.79. The van der Waals surface area contributed by atoms with E-state index in [9.17, 15) is 9.59 Å². The van der Waals surface area contributed by atoms with Crippen LogP contribution in [0.4, 0.5) is 0 Å². The molecular formula is C10H18N2O3S. The highest BCUT2D eigenvalue weighted by molar-refractivity contribution is 8.00. The summed E-state index contributed by atoms with van der Waals surface area (Å²) >= 11 is 1.52. The summed E-state index contributed by atoms with van der Waals surface area (Å²) in [4.78, 5) is 26.3. The summed E-state index contributed by atoms with van der Waals surface area (Å²) in [5, 5.41) is 8.98. The molecule has 92 valence electrons. The van der Waals surface area contributed by atoms with Crippen molar-refractivity contribution in [2.24, 2.45) is 0 Å². The van der Waals surface area contributed by atoms with Crippen LogP contribution in [0.1, 0.15) is 13.3 Å². The number of thioether (sulfide) groups is 1. The van der Waals surface area contributed by atoms with Crippen LogP contribution in [0.3, 0.4) is 0 Å². The summed E-state index contributed by atoms with van der Waals surface area (Å²) in [5.74, 6) is -0.488. The van der Waals surface area contributed by atoms with Gasteiger partial charge in [-0.05, 0) is 21.0 Å². The Balaban J connectivity index is 2.61. The number of hydrogen-bond acceptors (Lipinski definition) is 4. The fourth-order valence-corrected chi connectivity index (χ4v) is 2.85. The lowest BCUT2D eigenvalue weighted by Crippen LogP contribution is -2.45. The average Bonchev–Trinajstić information content (AvgIpc) is 2.56. The fourth-order valence-electron chi connectivity index (χ4n) is 1.66. The van der Waals surface area contributed by atoms with Gasteiger partial charge in [-0.3, -0.25) is 4.79 Å². The van der Waals surface area contributed by atoms with Crippen molar-refractivity contribution in [2.75, 3.05) is 26.4 Å². The molecule has 1 aliphatic rings. The topological polar surface area (TPSA) is 60.9 Å². The molecule has 0 aliphatic carbocycles. The van der Waals surface area contributed by atoms with Gasteiger partial charge in [0.2, 0.25) is 5.91 Å². The molecular weight excluding hydrogens is 228 g/mol. The summed E-state index contributed by atoms with van der Waals surface area (Å²) < 4.78 is 0. The van der Waals surface area contributed by atoms with E-state index in [1.54, 1.807) is 0 Å². The fraction of sp³-hybridized carbons (Fsp3) is 0.800. The molecule has 2 atom stereocenters. The van der Waals surface area contributed by atoms with E-state index in [1.807, 2.05) is 25.9 Å². The molecule has 1 rings (SSSR count). The van der Waals surface area contributed by atoms with E-state index in [0.29, 0.717) is 18.7 Å². The third-order valence-electron chi connectivity index (χ3n) is 2.57. The van der Waals surface area contributed by atoms with Gasteiger partial charge in [-0.1, -0.05) is 0 Å². The van der Waals surface area contributed by atoms with Gasteiger partial charge < -0.3 is 14.9 Å². The zero-order valence-electron chi connectivity index (χ0n) is 9.84. The largest absolute Gasteiger partial charge is 0.480 e. The van der Waals surface area contributed by atoms with Crippen LogP contribution in [-0.2, 0) is 9.59 Å². The first-order chi connectivity index (χ1) is 7.43. The van der Waals surface area contributed by atoms with Crippen molar-refractivity contribution in [2.45, 2.75) is 24.8 Å². The lowest BCUT2D eigenvalue weighted by molar-refractivity contribution is -0.149. The van der Waals surface area contributed by atoms with Crippen LogP contribution in [0.2, 0.25) is 0 Å². The smallest absolute Gasteiger partial charge is 0.327 e. The van der Waals surface area contributed by atoms with Crippen LogP contribution in [-0.4, -0.2) is 64.6 Å². The quantitative estimate of drug-likeness (QED) is 0.773. The van der Waals surface area contributed by atoms with Crippen LogP contribution in [0.5, 0.6) is 0 Å². The number of amides is 1. The molecule has 1 heterocycles. The maximum atomic E-state index is 11.9. The third-order valence-corrected chi connectivity index (χ3v) is 3.79. The maximum Gasteiger partial charge on any atom is 0.327 e. The number of aliphatic carboxylic acids is 1. The van der Waals surface area contributed by atoms with Gasteiger partial charge in [0.25, 0.3) is 0 Å². The van der Waals surface area contributed by atoms with Crippen LogP contribution in [0, 0.1) is 0 Å². The number of carbonyl (C=O) groups is 2. The van der Waals surface area contributed by atoms with E-state index in [4.69, 9.17) is 5.11 Å². The first kappa shape index (κ1) is 13.3. The van der Waals surface area contributed by atoms with Gasteiger partial charge in [0, 0.05) is 18.7 Å². The van der Waals surface area contributed by atoms with Crippen LogP contribution in [0.25, 0.3) is 0 Å². The number of carbonyl (C=O) groups excluding carboxylic acids is 1. The second-order valence-electron chi connectivity index (χ2n) is 4.14. The molecule has 2 unspecified atom stereocenters. The van der Waals surface area contributed by atoms with Crippen molar-refractivity contribution in [3.63, 3.8) is 0 Å². The van der Waals surface area contributed by atoms with Crippen molar-refractivity contribution in [1.29, 1.82) is 0 Å².